The van der Waals surface area contributed by atoms with Crippen LogP contribution in [0, 0.1) is 0 Å². The van der Waals surface area contributed by atoms with E-state index < -0.39 is 24.1 Å². The molecule has 3 amide bonds. The van der Waals surface area contributed by atoms with Crippen molar-refractivity contribution < 1.29 is 19.5 Å². The molecular formula is C28H34N4O4. The number of amides is 3. The summed E-state index contributed by atoms with van der Waals surface area (Å²) < 4.78 is 0. The van der Waals surface area contributed by atoms with Crippen LogP contribution in [0.25, 0.3) is 10.8 Å². The molecule has 8 nitrogen and oxygen atoms in total. The second-order valence-electron chi connectivity index (χ2n) is 9.16. The minimum absolute atomic E-state index is 0.187. The molecule has 0 aliphatic heterocycles. The first kappa shape index (κ1) is 26.7. The number of hydrogen-bond donors (Lipinski definition) is 1. The van der Waals surface area contributed by atoms with Crippen LogP contribution < -0.4 is 0 Å². The van der Waals surface area contributed by atoms with Gasteiger partial charge in [0, 0.05) is 48.1 Å². The Hall–Kier alpha value is -3.91. The molecule has 3 aromatic rings. The Kier molecular flexibility index (Phi) is 8.66. The minimum atomic E-state index is -1.21. The van der Waals surface area contributed by atoms with E-state index in [9.17, 15) is 19.5 Å². The highest BCUT2D eigenvalue weighted by molar-refractivity contribution is 5.91. The van der Waals surface area contributed by atoms with Crippen molar-refractivity contribution in [2.45, 2.75) is 24.9 Å². The van der Waals surface area contributed by atoms with Crippen LogP contribution in [-0.2, 0) is 22.4 Å². The van der Waals surface area contributed by atoms with Gasteiger partial charge < -0.3 is 10.0 Å². The van der Waals surface area contributed by atoms with E-state index >= 15 is 0 Å². The van der Waals surface area contributed by atoms with Gasteiger partial charge in [0.1, 0.15) is 12.1 Å². The van der Waals surface area contributed by atoms with Crippen molar-refractivity contribution in [2.24, 2.45) is 0 Å². The van der Waals surface area contributed by atoms with E-state index in [0.717, 1.165) is 26.8 Å². The van der Waals surface area contributed by atoms with Crippen molar-refractivity contribution >= 4 is 28.7 Å². The number of benzene rings is 3. The summed E-state index contributed by atoms with van der Waals surface area (Å²) in [6, 6.07) is 21.4. The molecular weight excluding hydrogens is 456 g/mol. The number of carboxylic acid groups (broad SMARTS) is 1. The predicted molar refractivity (Wildman–Crippen MR) is 140 cm³/mol. The van der Waals surface area contributed by atoms with Gasteiger partial charge in [-0.1, -0.05) is 72.8 Å². The Labute approximate surface area is 212 Å². The standard InChI is InChI=1S/C28H34N4O4/c1-29(2)32(5)27(34)25(18-20-11-7-6-8-12-20)30(3)26(33)24(31(4)28(35)36)19-21-15-16-22-13-9-10-14-23(22)17-21/h6-17,24-25H,18-19H2,1-5H3,(H,35,36). The number of carbonyl (C=O) groups excluding carboxylic acids is 2. The maximum atomic E-state index is 13.8. The number of hydrogen-bond acceptors (Lipinski definition) is 4. The second-order valence-corrected chi connectivity index (χ2v) is 9.16. The zero-order valence-corrected chi connectivity index (χ0v) is 21.5. The predicted octanol–water partition coefficient (Wildman–Crippen LogP) is 3.37. The number of carbonyl (C=O) groups is 3. The molecule has 2 unspecified atom stereocenters. The summed E-state index contributed by atoms with van der Waals surface area (Å²) in [6.45, 7) is 0. The van der Waals surface area contributed by atoms with E-state index in [0.29, 0.717) is 6.42 Å². The van der Waals surface area contributed by atoms with Gasteiger partial charge in [-0.25, -0.2) is 9.80 Å². The van der Waals surface area contributed by atoms with Crippen molar-refractivity contribution in [1.82, 2.24) is 19.8 Å². The third-order valence-electron chi connectivity index (χ3n) is 6.59. The van der Waals surface area contributed by atoms with E-state index in [-0.39, 0.29) is 12.3 Å². The average molecular weight is 491 g/mol. The van der Waals surface area contributed by atoms with Crippen LogP contribution in [0.2, 0.25) is 0 Å². The summed E-state index contributed by atoms with van der Waals surface area (Å²) in [5.74, 6) is -0.698. The maximum Gasteiger partial charge on any atom is 0.407 e. The van der Waals surface area contributed by atoms with Crippen LogP contribution >= 0.6 is 0 Å². The summed E-state index contributed by atoms with van der Waals surface area (Å²) in [6.07, 6.45) is -0.717. The first-order valence-corrected chi connectivity index (χ1v) is 11.8. The summed E-state index contributed by atoms with van der Waals surface area (Å²) in [7, 11) is 8.11. The Morgan fingerprint density at radius 2 is 1.22 bits per heavy atom. The molecule has 0 saturated carbocycles. The van der Waals surface area contributed by atoms with E-state index in [2.05, 4.69) is 0 Å². The molecule has 0 heterocycles. The van der Waals surface area contributed by atoms with Crippen LogP contribution in [0.4, 0.5) is 4.79 Å². The fourth-order valence-electron chi connectivity index (χ4n) is 4.14. The Morgan fingerprint density at radius 3 is 1.83 bits per heavy atom. The minimum Gasteiger partial charge on any atom is -0.465 e. The molecule has 0 aromatic heterocycles. The van der Waals surface area contributed by atoms with E-state index in [1.807, 2.05) is 72.8 Å². The molecule has 1 N–H and O–H groups in total. The van der Waals surface area contributed by atoms with Crippen molar-refractivity contribution in [1.29, 1.82) is 0 Å². The molecule has 0 aliphatic rings. The van der Waals surface area contributed by atoms with Crippen molar-refractivity contribution in [2.75, 3.05) is 35.2 Å². The molecule has 0 spiro atoms. The number of nitrogens with zero attached hydrogens (tertiary/aromatic N) is 4. The van der Waals surface area contributed by atoms with Gasteiger partial charge in [-0.15, -0.1) is 0 Å². The van der Waals surface area contributed by atoms with Gasteiger partial charge in [-0.3, -0.25) is 19.5 Å². The maximum absolute atomic E-state index is 13.8. The smallest absolute Gasteiger partial charge is 0.407 e. The van der Waals surface area contributed by atoms with Crippen LogP contribution in [0.3, 0.4) is 0 Å². The van der Waals surface area contributed by atoms with Gasteiger partial charge >= 0.3 is 6.09 Å². The summed E-state index contributed by atoms with van der Waals surface area (Å²) in [5.41, 5.74) is 1.74. The van der Waals surface area contributed by atoms with Gasteiger partial charge in [-0.2, -0.15) is 0 Å². The van der Waals surface area contributed by atoms with Crippen molar-refractivity contribution in [3.05, 3.63) is 83.9 Å². The van der Waals surface area contributed by atoms with Gasteiger partial charge in [0.05, 0.1) is 0 Å². The van der Waals surface area contributed by atoms with E-state index in [1.165, 1.54) is 17.0 Å². The van der Waals surface area contributed by atoms with E-state index in [1.54, 1.807) is 33.2 Å². The summed E-state index contributed by atoms with van der Waals surface area (Å²) in [4.78, 5) is 41.6. The van der Waals surface area contributed by atoms with Crippen molar-refractivity contribution in [3.8, 4) is 0 Å². The molecule has 2 atom stereocenters. The SMILES string of the molecule is CN(C(=O)O)C(Cc1ccc2ccccc2c1)C(=O)N(C)C(Cc1ccccc1)C(=O)N(C)N(C)C. The zero-order valence-electron chi connectivity index (χ0n) is 21.5. The fourth-order valence-corrected chi connectivity index (χ4v) is 4.14. The van der Waals surface area contributed by atoms with Crippen LogP contribution in [0.1, 0.15) is 11.1 Å². The molecule has 0 aliphatic carbocycles. The molecule has 0 bridgehead atoms. The molecule has 0 radical (unpaired) electrons. The van der Waals surface area contributed by atoms with Crippen LogP contribution in [-0.4, -0.2) is 90.2 Å². The number of rotatable bonds is 9. The lowest BCUT2D eigenvalue weighted by atomic mass is 9.98. The normalized spacial score (nSPS) is 12.7. The molecule has 36 heavy (non-hydrogen) atoms. The van der Waals surface area contributed by atoms with Crippen molar-refractivity contribution in [3.63, 3.8) is 0 Å². The molecule has 0 fully saturated rings. The molecule has 3 aromatic carbocycles. The monoisotopic (exact) mass is 490 g/mol. The lowest BCUT2D eigenvalue weighted by Gasteiger charge is -2.36. The van der Waals surface area contributed by atoms with Crippen LogP contribution in [0.15, 0.2) is 72.8 Å². The Bertz CT molecular complexity index is 1210. The number of hydrazine groups is 1. The summed E-state index contributed by atoms with van der Waals surface area (Å²) >= 11 is 0. The first-order chi connectivity index (χ1) is 17.1. The number of fused-ring (bicyclic) bond motifs is 1. The average Bonchev–Trinajstić information content (AvgIpc) is 2.88. The first-order valence-electron chi connectivity index (χ1n) is 11.8. The van der Waals surface area contributed by atoms with Gasteiger partial charge in [0.25, 0.3) is 5.91 Å². The van der Waals surface area contributed by atoms with Gasteiger partial charge in [0.2, 0.25) is 5.91 Å². The Balaban J connectivity index is 1.94. The molecule has 8 heteroatoms. The van der Waals surface area contributed by atoms with E-state index in [4.69, 9.17) is 0 Å². The van der Waals surface area contributed by atoms with Crippen LogP contribution in [0.5, 0.6) is 0 Å². The molecule has 3 rings (SSSR count). The largest absolute Gasteiger partial charge is 0.465 e. The zero-order chi connectivity index (χ0) is 26.4. The highest BCUT2D eigenvalue weighted by atomic mass is 16.4. The topological polar surface area (TPSA) is 84.4 Å². The second kappa shape index (κ2) is 11.7. The Morgan fingerprint density at radius 1 is 0.667 bits per heavy atom. The van der Waals surface area contributed by atoms with Gasteiger partial charge in [-0.05, 0) is 21.9 Å². The highest BCUT2D eigenvalue weighted by Gasteiger charge is 2.36. The summed E-state index contributed by atoms with van der Waals surface area (Å²) in [5, 5.41) is 14.9. The quantitative estimate of drug-likeness (QED) is 0.465. The number of likely N-dealkylation sites (N-methyl/N-ethyl adjacent to an activating group) is 3. The lowest BCUT2D eigenvalue weighted by Crippen LogP contribution is -2.57. The third-order valence-corrected chi connectivity index (χ3v) is 6.59. The molecule has 190 valence electrons. The van der Waals surface area contributed by atoms with Gasteiger partial charge in [0.15, 0.2) is 0 Å². The molecule has 0 saturated heterocycles. The fraction of sp³-hybridized carbons (Fsp3) is 0.321. The third kappa shape index (κ3) is 6.20. The highest BCUT2D eigenvalue weighted by Crippen LogP contribution is 2.20. The lowest BCUT2D eigenvalue weighted by molar-refractivity contribution is -0.153.